The largest absolute Gasteiger partial charge is 0.497 e. The molecule has 1 amide bonds. The van der Waals surface area contributed by atoms with Gasteiger partial charge < -0.3 is 23.5 Å². The minimum absolute atomic E-state index is 0.120. The van der Waals surface area contributed by atoms with Crippen molar-refractivity contribution >= 4 is 23.9 Å². The molecule has 0 radical (unpaired) electrons. The first kappa shape index (κ1) is 24.9. The molecule has 34 heavy (non-hydrogen) atoms. The summed E-state index contributed by atoms with van der Waals surface area (Å²) in [4.78, 5) is 12.4. The number of benzene rings is 2. The van der Waals surface area contributed by atoms with Crippen LogP contribution in [0, 0.1) is 0 Å². The van der Waals surface area contributed by atoms with Gasteiger partial charge in [-0.2, -0.15) is 5.10 Å². The van der Waals surface area contributed by atoms with E-state index in [1.807, 2.05) is 35.8 Å². The summed E-state index contributed by atoms with van der Waals surface area (Å²) < 4.78 is 23.1. The number of methoxy groups -OCH3 is 4. The van der Waals surface area contributed by atoms with E-state index in [0.29, 0.717) is 34.5 Å². The Morgan fingerprint density at radius 2 is 1.65 bits per heavy atom. The molecule has 0 spiro atoms. The fourth-order valence-corrected chi connectivity index (χ4v) is 3.92. The van der Waals surface area contributed by atoms with E-state index >= 15 is 0 Å². The molecule has 0 atom stereocenters. The van der Waals surface area contributed by atoms with Crippen LogP contribution in [0.15, 0.2) is 46.7 Å². The molecule has 180 valence electrons. The number of nitrogens with zero attached hydrogens (tertiary/aromatic N) is 4. The van der Waals surface area contributed by atoms with Crippen molar-refractivity contribution in [3.63, 3.8) is 0 Å². The third kappa shape index (κ3) is 5.79. The first-order valence-electron chi connectivity index (χ1n) is 10.4. The number of hydrogen-bond acceptors (Lipinski definition) is 9. The summed E-state index contributed by atoms with van der Waals surface area (Å²) in [5, 5.41) is 13.2. The zero-order valence-corrected chi connectivity index (χ0v) is 20.5. The van der Waals surface area contributed by atoms with E-state index in [9.17, 15) is 4.79 Å². The predicted molar refractivity (Wildman–Crippen MR) is 130 cm³/mol. The maximum atomic E-state index is 12.4. The van der Waals surface area contributed by atoms with Gasteiger partial charge in [-0.05, 0) is 31.2 Å². The van der Waals surface area contributed by atoms with Gasteiger partial charge in [0.05, 0.1) is 46.0 Å². The van der Waals surface area contributed by atoms with Crippen molar-refractivity contribution in [2.45, 2.75) is 18.6 Å². The van der Waals surface area contributed by atoms with Crippen LogP contribution in [0.25, 0.3) is 11.4 Å². The van der Waals surface area contributed by atoms with E-state index in [1.54, 1.807) is 26.4 Å². The standard InChI is InChI=1S/C23H27N5O5S/c1-6-28-22(15-7-9-16(30-2)10-8-15)26-27-23(28)34-14-21(29)25-24-13-18-19(32-4)11-17(31-3)12-20(18)33-5/h7-13H,6,14H2,1-5H3,(H,25,29). The van der Waals surface area contributed by atoms with Crippen LogP contribution in [0.4, 0.5) is 0 Å². The fraction of sp³-hybridized carbons (Fsp3) is 0.304. The molecule has 3 rings (SSSR count). The fourth-order valence-electron chi connectivity index (χ4n) is 3.13. The average molecular weight is 486 g/mol. The van der Waals surface area contributed by atoms with E-state index in [2.05, 4.69) is 20.7 Å². The van der Waals surface area contributed by atoms with Crippen LogP contribution in [0.1, 0.15) is 12.5 Å². The Kier molecular flexibility index (Phi) is 8.74. The minimum atomic E-state index is -0.288. The van der Waals surface area contributed by atoms with Crippen LogP contribution in [-0.2, 0) is 11.3 Å². The molecule has 0 unspecified atom stereocenters. The van der Waals surface area contributed by atoms with E-state index in [4.69, 9.17) is 18.9 Å². The highest BCUT2D eigenvalue weighted by Crippen LogP contribution is 2.32. The number of nitrogens with one attached hydrogen (secondary N) is 1. The lowest BCUT2D eigenvalue weighted by atomic mass is 10.2. The normalized spacial score (nSPS) is 10.9. The van der Waals surface area contributed by atoms with Crippen molar-refractivity contribution in [3.8, 4) is 34.4 Å². The number of rotatable bonds is 11. The van der Waals surface area contributed by atoms with E-state index in [0.717, 1.165) is 17.1 Å². The van der Waals surface area contributed by atoms with Gasteiger partial charge in [0.25, 0.3) is 5.91 Å². The van der Waals surface area contributed by atoms with Crippen molar-refractivity contribution in [2.24, 2.45) is 5.10 Å². The van der Waals surface area contributed by atoms with Gasteiger partial charge in [-0.3, -0.25) is 4.79 Å². The molecule has 1 aromatic heterocycles. The monoisotopic (exact) mass is 485 g/mol. The Hall–Kier alpha value is -3.73. The predicted octanol–water partition coefficient (Wildman–Crippen LogP) is 3.24. The molecule has 10 nitrogen and oxygen atoms in total. The van der Waals surface area contributed by atoms with Crippen LogP contribution < -0.4 is 24.4 Å². The Balaban J connectivity index is 1.65. The highest BCUT2D eigenvalue weighted by molar-refractivity contribution is 7.99. The second-order valence-electron chi connectivity index (χ2n) is 6.81. The molecular weight excluding hydrogens is 458 g/mol. The summed E-state index contributed by atoms with van der Waals surface area (Å²) >= 11 is 1.28. The molecule has 3 aromatic rings. The van der Waals surface area contributed by atoms with Crippen LogP contribution in [0.5, 0.6) is 23.0 Å². The molecule has 0 saturated heterocycles. The van der Waals surface area contributed by atoms with Crippen molar-refractivity contribution in [3.05, 3.63) is 42.0 Å². The molecule has 0 fully saturated rings. The zero-order valence-electron chi connectivity index (χ0n) is 19.7. The first-order valence-corrected chi connectivity index (χ1v) is 11.3. The highest BCUT2D eigenvalue weighted by Gasteiger charge is 2.15. The molecular formula is C23H27N5O5S. The topological polar surface area (TPSA) is 109 Å². The highest BCUT2D eigenvalue weighted by atomic mass is 32.2. The molecule has 1 N–H and O–H groups in total. The van der Waals surface area contributed by atoms with Crippen LogP contribution >= 0.6 is 11.8 Å². The first-order chi connectivity index (χ1) is 16.5. The number of aromatic nitrogens is 3. The zero-order chi connectivity index (χ0) is 24.5. The summed E-state index contributed by atoms with van der Waals surface area (Å²) in [5.74, 6) is 2.92. The van der Waals surface area contributed by atoms with E-state index in [1.165, 1.54) is 32.2 Å². The number of ether oxygens (including phenoxy) is 4. The lowest BCUT2D eigenvalue weighted by Crippen LogP contribution is -2.20. The summed E-state index contributed by atoms with van der Waals surface area (Å²) in [5.41, 5.74) is 4.01. The molecule has 0 aliphatic carbocycles. The van der Waals surface area contributed by atoms with Gasteiger partial charge in [0.1, 0.15) is 23.0 Å². The maximum absolute atomic E-state index is 12.4. The van der Waals surface area contributed by atoms with Crippen LogP contribution in [0.3, 0.4) is 0 Å². The Morgan fingerprint density at radius 1 is 1.00 bits per heavy atom. The second kappa shape index (κ2) is 11.9. The third-order valence-corrected chi connectivity index (χ3v) is 5.82. The summed E-state index contributed by atoms with van der Waals surface area (Å²) in [6.45, 7) is 2.66. The Labute approximate surface area is 202 Å². The maximum Gasteiger partial charge on any atom is 0.250 e. The smallest absolute Gasteiger partial charge is 0.250 e. The average Bonchev–Trinajstić information content (AvgIpc) is 3.30. The summed E-state index contributed by atoms with van der Waals surface area (Å²) in [6.07, 6.45) is 1.47. The van der Waals surface area contributed by atoms with Crippen molar-refractivity contribution in [1.29, 1.82) is 0 Å². The van der Waals surface area contributed by atoms with Crippen LogP contribution in [0.2, 0.25) is 0 Å². The molecule has 0 aliphatic heterocycles. The number of carbonyl (C=O) groups excluding carboxylic acids is 1. The van der Waals surface area contributed by atoms with Gasteiger partial charge in [-0.15, -0.1) is 10.2 Å². The SMILES string of the molecule is CCn1c(SCC(=O)NN=Cc2c(OC)cc(OC)cc2OC)nnc1-c1ccc(OC)cc1. The Morgan fingerprint density at radius 3 is 2.21 bits per heavy atom. The minimum Gasteiger partial charge on any atom is -0.497 e. The lowest BCUT2D eigenvalue weighted by Gasteiger charge is -2.12. The number of amides is 1. The molecule has 0 aliphatic rings. The van der Waals surface area contributed by atoms with Gasteiger partial charge in [-0.1, -0.05) is 11.8 Å². The molecule has 2 aromatic carbocycles. The number of hydrazone groups is 1. The van der Waals surface area contributed by atoms with E-state index in [-0.39, 0.29) is 11.7 Å². The third-order valence-electron chi connectivity index (χ3n) is 4.85. The van der Waals surface area contributed by atoms with Gasteiger partial charge in [-0.25, -0.2) is 5.43 Å². The van der Waals surface area contributed by atoms with Crippen LogP contribution in [-0.4, -0.2) is 61.1 Å². The Bertz CT molecular complexity index is 1120. The van der Waals surface area contributed by atoms with Gasteiger partial charge in [0.15, 0.2) is 11.0 Å². The summed E-state index contributed by atoms with van der Waals surface area (Å²) in [7, 11) is 6.24. The molecule has 1 heterocycles. The van der Waals surface area contributed by atoms with Gasteiger partial charge in [0.2, 0.25) is 0 Å². The van der Waals surface area contributed by atoms with Gasteiger partial charge in [0, 0.05) is 24.2 Å². The molecule has 0 saturated carbocycles. The summed E-state index contributed by atoms with van der Waals surface area (Å²) in [6, 6.07) is 11.0. The quantitative estimate of drug-likeness (QED) is 0.250. The van der Waals surface area contributed by atoms with Gasteiger partial charge >= 0.3 is 0 Å². The molecule has 0 bridgehead atoms. The van der Waals surface area contributed by atoms with Crippen molar-refractivity contribution in [2.75, 3.05) is 34.2 Å². The lowest BCUT2D eigenvalue weighted by molar-refractivity contribution is -0.118. The number of hydrogen-bond donors (Lipinski definition) is 1. The number of carbonyl (C=O) groups is 1. The van der Waals surface area contributed by atoms with E-state index < -0.39 is 0 Å². The van der Waals surface area contributed by atoms with Crippen molar-refractivity contribution < 1.29 is 23.7 Å². The molecule has 11 heteroatoms. The number of thioether (sulfide) groups is 1. The second-order valence-corrected chi connectivity index (χ2v) is 7.75. The van der Waals surface area contributed by atoms with Crippen molar-refractivity contribution in [1.82, 2.24) is 20.2 Å².